The highest BCUT2D eigenvalue weighted by atomic mass is 32.1. The molecule has 2 fully saturated rings. The molecular weight excluding hydrogens is 1370 g/mol. The molecule has 0 radical (unpaired) electrons. The molecule has 2 aromatic carbocycles. The van der Waals surface area contributed by atoms with E-state index in [0.717, 1.165) is 20.4 Å². The van der Waals surface area contributed by atoms with Crippen molar-refractivity contribution in [3.63, 3.8) is 0 Å². The quantitative estimate of drug-likeness (QED) is 0.0435. The molecule has 0 aliphatic carbocycles. The van der Waals surface area contributed by atoms with Crippen LogP contribution in [0.4, 0.5) is 10.5 Å². The number of imide groups is 1. The van der Waals surface area contributed by atoms with Crippen molar-refractivity contribution in [1.29, 1.82) is 0 Å². The molecule has 12 amide bonds. The topological polar surface area (TPSA) is 355 Å². The molecule has 2 aliphatic heterocycles. The van der Waals surface area contributed by atoms with E-state index in [1.54, 1.807) is 71.7 Å². The van der Waals surface area contributed by atoms with Gasteiger partial charge in [0.1, 0.15) is 17.1 Å². The third-order valence-electron chi connectivity index (χ3n) is 19.1. The van der Waals surface area contributed by atoms with Gasteiger partial charge < -0.3 is 75.2 Å². The van der Waals surface area contributed by atoms with Crippen LogP contribution < -0.4 is 31.9 Å². The van der Waals surface area contributed by atoms with Crippen LogP contribution in [0.3, 0.4) is 0 Å². The zero-order valence-electron chi connectivity index (χ0n) is 63.6. The van der Waals surface area contributed by atoms with Crippen molar-refractivity contribution in [2.45, 2.75) is 162 Å². The minimum atomic E-state index is -1.49. The highest BCUT2D eigenvalue weighted by Gasteiger charge is 2.43. The Morgan fingerprint density at radius 2 is 1.36 bits per heavy atom. The second-order valence-corrected chi connectivity index (χ2v) is 28.3. The van der Waals surface area contributed by atoms with Crippen LogP contribution in [0.5, 0.6) is 0 Å². The van der Waals surface area contributed by atoms with Crippen molar-refractivity contribution < 1.29 is 81.2 Å². The summed E-state index contributed by atoms with van der Waals surface area (Å²) >= 11 is 1.46. The second-order valence-electron chi connectivity index (χ2n) is 27.3. The lowest BCUT2D eigenvalue weighted by atomic mass is 9.90. The Hall–Kier alpha value is -8.49. The lowest BCUT2D eigenvalue weighted by molar-refractivity contribution is -0.146. The first-order valence-corrected chi connectivity index (χ1v) is 37.2. The number of ether oxygens (including phenoxy) is 5. The molecule has 3 unspecified atom stereocenters. The van der Waals surface area contributed by atoms with Gasteiger partial charge in [-0.05, 0) is 61.8 Å². The van der Waals surface area contributed by atoms with Gasteiger partial charge in [-0.2, -0.15) is 0 Å². The third kappa shape index (κ3) is 27.1. The van der Waals surface area contributed by atoms with Crippen molar-refractivity contribution in [3.05, 3.63) is 82.3 Å². The molecule has 582 valence electrons. The Morgan fingerprint density at radius 3 is 1.96 bits per heavy atom. The van der Waals surface area contributed by atoms with Gasteiger partial charge in [0.05, 0.1) is 82.2 Å². The number of benzene rings is 2. The summed E-state index contributed by atoms with van der Waals surface area (Å²) in [6.45, 7) is 17.6. The zero-order chi connectivity index (χ0) is 77.4. The number of rotatable bonds is 42. The summed E-state index contributed by atoms with van der Waals surface area (Å²) in [6.07, 6.45) is 0.198. The first kappa shape index (κ1) is 87.1. The number of thiazole rings is 1. The fourth-order valence-electron chi connectivity index (χ4n) is 12.9. The van der Waals surface area contributed by atoms with Gasteiger partial charge in [-0.1, -0.05) is 104 Å². The molecule has 1 aromatic heterocycles. The number of anilines is 1. The molecule has 6 N–H and O–H groups in total. The fourth-order valence-corrected chi connectivity index (χ4v) is 13.5. The van der Waals surface area contributed by atoms with Gasteiger partial charge in [-0.3, -0.25) is 62.5 Å². The number of piperazine rings is 1. The van der Waals surface area contributed by atoms with Crippen LogP contribution >= 0.6 is 11.3 Å². The van der Waals surface area contributed by atoms with E-state index in [9.17, 15) is 57.5 Å². The molecule has 5 rings (SSSR count). The molecule has 0 bridgehead atoms. The van der Waals surface area contributed by atoms with Crippen molar-refractivity contribution >= 4 is 88.1 Å². The van der Waals surface area contributed by atoms with Gasteiger partial charge in [0.15, 0.2) is 0 Å². The smallest absolute Gasteiger partial charge is 0.411 e. The van der Waals surface area contributed by atoms with Crippen LogP contribution in [-0.4, -0.2) is 263 Å². The molecule has 10 atom stereocenters. The average Bonchev–Trinajstić information content (AvgIpc) is 1.76. The van der Waals surface area contributed by atoms with Crippen LogP contribution in [0.25, 0.3) is 0 Å². The summed E-state index contributed by atoms with van der Waals surface area (Å²) in [7, 11) is 7.94. The van der Waals surface area contributed by atoms with Crippen LogP contribution in [0.1, 0.15) is 136 Å². The summed E-state index contributed by atoms with van der Waals surface area (Å²) in [5, 5.41) is 19.2. The summed E-state index contributed by atoms with van der Waals surface area (Å²) < 4.78 is 29.1. The largest absolute Gasteiger partial charge is 0.431 e. The number of methoxy groups -OCH3 is 2. The molecule has 30 nitrogen and oxygen atoms in total. The predicted octanol–water partition coefficient (Wildman–Crippen LogP) is 4.10. The number of aromatic nitrogens is 1. The van der Waals surface area contributed by atoms with Gasteiger partial charge in [-0.15, -0.1) is 11.3 Å². The number of amides is 12. The van der Waals surface area contributed by atoms with Crippen molar-refractivity contribution in [1.82, 2.24) is 61.0 Å². The molecule has 0 saturated carbocycles. The van der Waals surface area contributed by atoms with Crippen LogP contribution in [-0.2, 0) is 82.8 Å². The number of nitrogens with one attached hydrogen (secondary N) is 6. The second kappa shape index (κ2) is 44.5. The summed E-state index contributed by atoms with van der Waals surface area (Å²) in [5.41, 5.74) is 1.59. The molecular formula is C74H113N13O17S. The van der Waals surface area contributed by atoms with E-state index < -0.39 is 115 Å². The number of likely N-dealkylation sites (N-methyl/N-ethyl adjacent to an activating group) is 3. The van der Waals surface area contributed by atoms with Gasteiger partial charge in [0.2, 0.25) is 65.2 Å². The molecule has 31 heteroatoms. The number of nitrogens with zero attached hydrogens (tertiary/aromatic N) is 7. The van der Waals surface area contributed by atoms with E-state index in [1.807, 2.05) is 56.6 Å². The molecule has 105 heavy (non-hydrogen) atoms. The highest BCUT2D eigenvalue weighted by molar-refractivity contribution is 7.09. The van der Waals surface area contributed by atoms with Gasteiger partial charge in [0.25, 0.3) is 5.91 Å². The SMILES string of the molecule is CCC(=O)N(CCC(=O)NCCOCCOCCC(=O)NC(C(=O)NCC(=O)Nc1ccc(C(OC(=O)N(C)C(C(=O)NCC(=O)N(C)[C@@H]([C@@H](C)CC)[C@@H](CC(=O)N2CCC[C@H]2[C@H](OC)[C@@H](C)C(=O)N[C@@H](Cc2ccccc2)c2nccs2)OC)C(C)C)C(=O)N2CCN(C)CC2)cc1)C(C)C)C(C)=O. The highest BCUT2D eigenvalue weighted by Crippen LogP contribution is 2.31. The van der Waals surface area contributed by atoms with E-state index >= 15 is 0 Å². The Labute approximate surface area is 621 Å². The molecule has 2 aliphatic rings. The van der Waals surface area contributed by atoms with Crippen molar-refractivity contribution in [2.75, 3.05) is 126 Å². The van der Waals surface area contributed by atoms with Crippen molar-refractivity contribution in [2.24, 2.45) is 23.7 Å². The van der Waals surface area contributed by atoms with E-state index in [2.05, 4.69) is 41.8 Å². The molecule has 3 aromatic rings. The van der Waals surface area contributed by atoms with Crippen LogP contribution in [0, 0.1) is 23.7 Å². The summed E-state index contributed by atoms with van der Waals surface area (Å²) in [6, 6.07) is 12.3. The number of hydrogen-bond acceptors (Lipinski definition) is 20. The minimum absolute atomic E-state index is 0.0145. The minimum Gasteiger partial charge on any atom is -0.431 e. The standard InChI is InChI=1S/C74H113N13O17S/c1-15-49(7)66(57(100-13)44-62(93)87-32-20-23-56(87)67(101-14)50(8)69(95)80-55(72-76-31-42-105-72)43-52-21-18-17-19-22-52)83(11)63(94)46-78-71(97)65(48(5)6)84(12)74(99)104-68(73(98)85-36-34-82(10)35-37-85)53-24-26-54(27-25-53)79-60(91)45-77-70(96)64(47(3)4)81-59(90)29-38-102-40-41-103-39-30-75-58(89)28-33-86(51(9)88)61(92)16-2/h17-19,21-22,24-27,31,42,47-50,55-57,64-68H,15-16,20,23,28-30,32-41,43-46H2,1-14H3,(H,75,89)(H,77,96)(H,78,97)(H,79,91)(H,80,95)(H,81,90)/t49-,50+,55-,56-,57+,64?,65?,66-,67+,68?/m0/s1. The summed E-state index contributed by atoms with van der Waals surface area (Å²) in [4.78, 5) is 175. The van der Waals surface area contributed by atoms with Crippen LogP contribution in [0.15, 0.2) is 66.2 Å². The van der Waals surface area contributed by atoms with E-state index in [0.29, 0.717) is 58.4 Å². The Morgan fingerprint density at radius 1 is 0.695 bits per heavy atom. The van der Waals surface area contributed by atoms with E-state index in [-0.39, 0.29) is 118 Å². The lowest BCUT2D eigenvalue weighted by Crippen LogP contribution is -2.56. The maximum Gasteiger partial charge on any atom is 0.411 e. The molecule has 3 heterocycles. The number of carbonyl (C=O) groups is 12. The van der Waals surface area contributed by atoms with Gasteiger partial charge in [-0.25, -0.2) is 9.78 Å². The average molecular weight is 1490 g/mol. The Kier molecular flexibility index (Phi) is 36.9. The number of carbonyl (C=O) groups excluding carboxylic acids is 12. The Bertz CT molecular complexity index is 3300. The zero-order valence-corrected chi connectivity index (χ0v) is 64.4. The van der Waals surface area contributed by atoms with Crippen molar-refractivity contribution in [3.8, 4) is 0 Å². The number of likely N-dealkylation sites (tertiary alicyclic amines) is 1. The molecule has 2 saturated heterocycles. The van der Waals surface area contributed by atoms with Crippen LogP contribution in [0.2, 0.25) is 0 Å². The van der Waals surface area contributed by atoms with E-state index in [4.69, 9.17) is 23.7 Å². The molecule has 0 spiro atoms. The van der Waals surface area contributed by atoms with Gasteiger partial charge in [0, 0.05) is 123 Å². The maximum atomic E-state index is 14.6. The summed E-state index contributed by atoms with van der Waals surface area (Å²) in [5.74, 6) is -6.61. The maximum absolute atomic E-state index is 14.6. The predicted molar refractivity (Wildman–Crippen MR) is 393 cm³/mol. The monoisotopic (exact) mass is 1490 g/mol. The third-order valence-corrected chi connectivity index (χ3v) is 20.0. The fraction of sp³-hybridized carbons (Fsp3) is 0.635. The first-order chi connectivity index (χ1) is 50.0. The first-order valence-electron chi connectivity index (χ1n) is 36.3. The van der Waals surface area contributed by atoms with E-state index in [1.165, 1.54) is 61.6 Å². The number of hydrogen-bond donors (Lipinski definition) is 6. The van der Waals surface area contributed by atoms with Gasteiger partial charge >= 0.3 is 6.09 Å². The Balaban J connectivity index is 1.13. The normalized spacial score (nSPS) is 16.4. The lowest BCUT2D eigenvalue weighted by Gasteiger charge is -2.39.